The van der Waals surface area contributed by atoms with Gasteiger partial charge in [-0.05, 0) is 24.6 Å². The number of nitrogens with one attached hydrogen (secondary N) is 2. The number of thiazole rings is 1. The lowest BCUT2D eigenvalue weighted by Gasteiger charge is -2.04. The van der Waals surface area contributed by atoms with Crippen LogP contribution in [0.5, 0.6) is 0 Å². The van der Waals surface area contributed by atoms with Gasteiger partial charge < -0.3 is 9.73 Å². The Hall–Kier alpha value is -2.94. The first-order chi connectivity index (χ1) is 12.2. The molecule has 8 nitrogen and oxygen atoms in total. The molecule has 3 heterocycles. The molecule has 3 aromatic rings. The molecule has 0 aromatic carbocycles. The number of aromatic nitrogens is 3. The van der Waals surface area contributed by atoms with Gasteiger partial charge in [-0.3, -0.25) is 19.6 Å². The molecule has 25 heavy (non-hydrogen) atoms. The number of carbonyl (C=O) groups excluding carboxylic acids is 2. The van der Waals surface area contributed by atoms with Crippen molar-refractivity contribution < 1.29 is 14.0 Å². The first kappa shape index (κ1) is 16.9. The standard InChI is InChI=1S/C16H17N5O3S/c22-14(17-5-2-7-21-8-3-6-18-21)10-12-11-25-16(19-12)20-15(23)13-4-1-9-24-13/h1,3-4,6,8-9,11H,2,5,7,10H2,(H,17,22)(H,19,20,23). The van der Waals surface area contributed by atoms with Crippen LogP contribution in [0.2, 0.25) is 0 Å². The maximum absolute atomic E-state index is 11.9. The van der Waals surface area contributed by atoms with Crippen LogP contribution in [0.4, 0.5) is 5.13 Å². The molecule has 130 valence electrons. The number of carbonyl (C=O) groups is 2. The van der Waals surface area contributed by atoms with Gasteiger partial charge >= 0.3 is 0 Å². The summed E-state index contributed by atoms with van der Waals surface area (Å²) in [5.74, 6) is -0.254. The highest BCUT2D eigenvalue weighted by atomic mass is 32.1. The monoisotopic (exact) mass is 359 g/mol. The summed E-state index contributed by atoms with van der Waals surface area (Å²) >= 11 is 1.27. The number of aryl methyl sites for hydroxylation is 1. The molecule has 3 aromatic heterocycles. The van der Waals surface area contributed by atoms with Crippen LogP contribution >= 0.6 is 11.3 Å². The second kappa shape index (κ2) is 8.25. The molecular formula is C16H17N5O3S. The Labute approximate surface area is 147 Å². The van der Waals surface area contributed by atoms with Gasteiger partial charge in [0, 0.05) is 30.9 Å². The number of hydrogen-bond donors (Lipinski definition) is 2. The molecule has 0 saturated carbocycles. The molecule has 2 N–H and O–H groups in total. The summed E-state index contributed by atoms with van der Waals surface area (Å²) in [5, 5.41) is 11.8. The molecule has 0 fully saturated rings. The molecule has 0 bridgehead atoms. The smallest absolute Gasteiger partial charge is 0.293 e. The average molecular weight is 359 g/mol. The Morgan fingerprint density at radius 2 is 2.24 bits per heavy atom. The molecular weight excluding hydrogens is 342 g/mol. The molecule has 9 heteroatoms. The zero-order chi connectivity index (χ0) is 17.5. The van der Waals surface area contributed by atoms with E-state index in [1.165, 1.54) is 17.6 Å². The van der Waals surface area contributed by atoms with E-state index in [0.29, 0.717) is 17.4 Å². The average Bonchev–Trinajstić information content (AvgIpc) is 3.34. The van der Waals surface area contributed by atoms with Gasteiger partial charge in [-0.15, -0.1) is 11.3 Å². The number of furan rings is 1. The van der Waals surface area contributed by atoms with Crippen LogP contribution < -0.4 is 10.6 Å². The van der Waals surface area contributed by atoms with Gasteiger partial charge in [0.15, 0.2) is 10.9 Å². The third-order valence-electron chi connectivity index (χ3n) is 3.30. The van der Waals surface area contributed by atoms with Crippen LogP contribution in [-0.4, -0.2) is 33.1 Å². The normalized spacial score (nSPS) is 10.6. The summed E-state index contributed by atoms with van der Waals surface area (Å²) in [6.07, 6.45) is 6.02. The van der Waals surface area contributed by atoms with E-state index in [0.717, 1.165) is 13.0 Å². The minimum atomic E-state index is -0.367. The zero-order valence-corrected chi connectivity index (χ0v) is 14.2. The summed E-state index contributed by atoms with van der Waals surface area (Å²) in [5.41, 5.74) is 0.615. The fourth-order valence-corrected chi connectivity index (χ4v) is 2.85. The molecule has 0 spiro atoms. The topological polar surface area (TPSA) is 102 Å². The summed E-state index contributed by atoms with van der Waals surface area (Å²) in [6, 6.07) is 5.07. The lowest BCUT2D eigenvalue weighted by Crippen LogP contribution is -2.27. The third kappa shape index (κ3) is 5.01. The highest BCUT2D eigenvalue weighted by molar-refractivity contribution is 7.14. The molecule has 0 saturated heterocycles. The van der Waals surface area contributed by atoms with Crippen molar-refractivity contribution in [3.8, 4) is 0 Å². The number of amides is 2. The van der Waals surface area contributed by atoms with Crippen LogP contribution in [0.3, 0.4) is 0 Å². The van der Waals surface area contributed by atoms with Gasteiger partial charge in [-0.25, -0.2) is 4.98 Å². The van der Waals surface area contributed by atoms with Gasteiger partial charge in [0.2, 0.25) is 5.91 Å². The van der Waals surface area contributed by atoms with E-state index in [-0.39, 0.29) is 24.0 Å². The predicted molar refractivity (Wildman–Crippen MR) is 92.3 cm³/mol. The maximum Gasteiger partial charge on any atom is 0.293 e. The second-order valence-corrected chi connectivity index (χ2v) is 6.08. The van der Waals surface area contributed by atoms with Gasteiger partial charge in [-0.2, -0.15) is 5.10 Å². The second-order valence-electron chi connectivity index (χ2n) is 5.22. The Bertz CT molecular complexity index is 811. The molecule has 3 rings (SSSR count). The third-order valence-corrected chi connectivity index (χ3v) is 4.11. The summed E-state index contributed by atoms with van der Waals surface area (Å²) in [6.45, 7) is 1.33. The lowest BCUT2D eigenvalue weighted by molar-refractivity contribution is -0.120. The van der Waals surface area contributed by atoms with Crippen molar-refractivity contribution in [3.05, 3.63) is 53.7 Å². The highest BCUT2D eigenvalue weighted by Crippen LogP contribution is 2.17. The molecule has 0 unspecified atom stereocenters. The van der Waals surface area contributed by atoms with Crippen LogP contribution in [-0.2, 0) is 17.8 Å². The highest BCUT2D eigenvalue weighted by Gasteiger charge is 2.12. The van der Waals surface area contributed by atoms with Crippen LogP contribution in [0.25, 0.3) is 0 Å². The minimum absolute atomic E-state index is 0.102. The van der Waals surface area contributed by atoms with Crippen molar-refractivity contribution >= 4 is 28.3 Å². The summed E-state index contributed by atoms with van der Waals surface area (Å²) in [4.78, 5) is 28.0. The van der Waals surface area contributed by atoms with Crippen molar-refractivity contribution in [1.29, 1.82) is 0 Å². The van der Waals surface area contributed by atoms with Crippen molar-refractivity contribution in [1.82, 2.24) is 20.1 Å². The van der Waals surface area contributed by atoms with Gasteiger partial charge in [-0.1, -0.05) is 0 Å². The summed E-state index contributed by atoms with van der Waals surface area (Å²) in [7, 11) is 0. The minimum Gasteiger partial charge on any atom is -0.459 e. The Morgan fingerprint density at radius 3 is 3.00 bits per heavy atom. The van der Waals surface area contributed by atoms with E-state index < -0.39 is 0 Å². The van der Waals surface area contributed by atoms with Crippen molar-refractivity contribution in [2.45, 2.75) is 19.4 Å². The number of anilines is 1. The lowest BCUT2D eigenvalue weighted by atomic mass is 10.3. The van der Waals surface area contributed by atoms with Crippen molar-refractivity contribution in [3.63, 3.8) is 0 Å². The van der Waals surface area contributed by atoms with Gasteiger partial charge in [0.1, 0.15) is 0 Å². The fraction of sp³-hybridized carbons (Fsp3) is 0.250. The van der Waals surface area contributed by atoms with Crippen molar-refractivity contribution in [2.75, 3.05) is 11.9 Å². The molecule has 0 aliphatic rings. The first-order valence-electron chi connectivity index (χ1n) is 7.74. The largest absolute Gasteiger partial charge is 0.459 e. The Balaban J connectivity index is 1.40. The van der Waals surface area contributed by atoms with E-state index in [9.17, 15) is 9.59 Å². The number of rotatable bonds is 8. The number of hydrogen-bond acceptors (Lipinski definition) is 6. The molecule has 0 atom stereocenters. The van der Waals surface area contributed by atoms with E-state index >= 15 is 0 Å². The van der Waals surface area contributed by atoms with Crippen molar-refractivity contribution in [2.24, 2.45) is 0 Å². The van der Waals surface area contributed by atoms with Crippen LogP contribution in [0.1, 0.15) is 22.7 Å². The molecule has 0 radical (unpaired) electrons. The van der Waals surface area contributed by atoms with E-state index in [1.54, 1.807) is 23.7 Å². The van der Waals surface area contributed by atoms with Crippen LogP contribution in [0.15, 0.2) is 46.7 Å². The van der Waals surface area contributed by atoms with E-state index in [1.807, 2.05) is 16.9 Å². The zero-order valence-electron chi connectivity index (χ0n) is 13.3. The molecule has 0 aliphatic heterocycles. The van der Waals surface area contributed by atoms with Gasteiger partial charge in [0.25, 0.3) is 5.91 Å². The maximum atomic E-state index is 11.9. The van der Waals surface area contributed by atoms with Crippen LogP contribution in [0, 0.1) is 0 Å². The van der Waals surface area contributed by atoms with E-state index in [2.05, 4.69) is 20.7 Å². The Morgan fingerprint density at radius 1 is 1.32 bits per heavy atom. The van der Waals surface area contributed by atoms with Gasteiger partial charge in [0.05, 0.1) is 18.4 Å². The quantitative estimate of drug-likeness (QED) is 0.598. The Kier molecular flexibility index (Phi) is 5.57. The fourth-order valence-electron chi connectivity index (χ4n) is 2.14. The SMILES string of the molecule is O=C(Cc1csc(NC(=O)c2ccco2)n1)NCCCn1cccn1. The predicted octanol–water partition coefficient (Wildman–Crippen LogP) is 1.93. The number of nitrogens with zero attached hydrogens (tertiary/aromatic N) is 3. The van der Waals surface area contributed by atoms with E-state index in [4.69, 9.17) is 4.42 Å². The molecule has 2 amide bonds. The summed E-state index contributed by atoms with van der Waals surface area (Å²) < 4.78 is 6.84. The molecule has 0 aliphatic carbocycles. The first-order valence-corrected chi connectivity index (χ1v) is 8.62.